The summed E-state index contributed by atoms with van der Waals surface area (Å²) in [4.78, 5) is 25.4. The highest BCUT2D eigenvalue weighted by Crippen LogP contribution is 2.43. The molecule has 188 valence electrons. The summed E-state index contributed by atoms with van der Waals surface area (Å²) >= 11 is 5.86. The lowest BCUT2D eigenvalue weighted by molar-refractivity contribution is -0.274. The third kappa shape index (κ3) is 6.66. The number of ether oxygens (including phenoxy) is 2. The SMILES string of the molecule is C=C(C)[C@@H](C(=O)O)N(C)C(=O)c1cc(C2CC2)c(COc2cc(Cl)cc(OC(F)(F)F)c2)cc1F. The smallest absolute Gasteiger partial charge is 0.489 e. The van der Waals surface area contributed by atoms with Gasteiger partial charge in [-0.25, -0.2) is 9.18 Å². The first kappa shape index (κ1) is 26.3. The molecule has 0 radical (unpaired) electrons. The molecule has 1 fully saturated rings. The van der Waals surface area contributed by atoms with Gasteiger partial charge in [-0.05, 0) is 66.6 Å². The van der Waals surface area contributed by atoms with E-state index in [9.17, 15) is 32.3 Å². The predicted octanol–water partition coefficient (Wildman–Crippen LogP) is 5.94. The van der Waals surface area contributed by atoms with Gasteiger partial charge in [-0.1, -0.05) is 18.2 Å². The van der Waals surface area contributed by atoms with Crippen molar-refractivity contribution in [3.8, 4) is 11.5 Å². The molecule has 0 heterocycles. The molecule has 0 unspecified atom stereocenters. The molecule has 6 nitrogen and oxygen atoms in total. The molecule has 1 saturated carbocycles. The quantitative estimate of drug-likeness (QED) is 0.330. The molecule has 2 aromatic carbocycles. The van der Waals surface area contributed by atoms with Gasteiger partial charge in [0, 0.05) is 18.1 Å². The summed E-state index contributed by atoms with van der Waals surface area (Å²) < 4.78 is 62.0. The Morgan fingerprint density at radius 1 is 1.20 bits per heavy atom. The van der Waals surface area contributed by atoms with Crippen molar-refractivity contribution in [1.82, 2.24) is 4.90 Å². The van der Waals surface area contributed by atoms with E-state index in [0.29, 0.717) is 11.1 Å². The molecule has 0 bridgehead atoms. The van der Waals surface area contributed by atoms with E-state index in [2.05, 4.69) is 11.3 Å². The van der Waals surface area contributed by atoms with Crippen molar-refractivity contribution in [3.05, 3.63) is 70.0 Å². The molecule has 0 saturated heterocycles. The van der Waals surface area contributed by atoms with Gasteiger partial charge in [-0.15, -0.1) is 13.2 Å². The van der Waals surface area contributed by atoms with Crippen LogP contribution in [0.1, 0.15) is 47.2 Å². The van der Waals surface area contributed by atoms with E-state index in [1.54, 1.807) is 0 Å². The van der Waals surface area contributed by atoms with Gasteiger partial charge in [0.2, 0.25) is 0 Å². The number of benzene rings is 2. The van der Waals surface area contributed by atoms with Crippen molar-refractivity contribution in [2.75, 3.05) is 7.05 Å². The van der Waals surface area contributed by atoms with E-state index in [1.165, 1.54) is 26.1 Å². The van der Waals surface area contributed by atoms with Crippen molar-refractivity contribution in [2.24, 2.45) is 0 Å². The second-order valence-electron chi connectivity index (χ2n) is 8.27. The first-order valence-electron chi connectivity index (χ1n) is 10.4. The second-order valence-corrected chi connectivity index (χ2v) is 8.70. The number of likely N-dealkylation sites (N-methyl/N-ethyl adjacent to an activating group) is 1. The van der Waals surface area contributed by atoms with Crippen molar-refractivity contribution in [1.29, 1.82) is 0 Å². The third-order valence-electron chi connectivity index (χ3n) is 5.36. The standard InChI is InChI=1S/C24H22ClF4NO5/c1-12(2)21(23(32)33)30(3)22(31)19-10-18(13-4-5-13)14(6-20(19)26)11-34-16-7-15(25)8-17(9-16)35-24(27,28)29/h6-10,13,21H,1,4-5,11H2,2-3H3,(H,32,33)/t21-/m0/s1. The van der Waals surface area contributed by atoms with Gasteiger partial charge in [0.15, 0.2) is 6.04 Å². The van der Waals surface area contributed by atoms with Crippen molar-refractivity contribution in [2.45, 2.75) is 44.7 Å². The fraction of sp³-hybridized carbons (Fsp3) is 0.333. The van der Waals surface area contributed by atoms with Gasteiger partial charge in [0.1, 0.15) is 23.9 Å². The highest BCUT2D eigenvalue weighted by molar-refractivity contribution is 6.30. The molecule has 0 aliphatic heterocycles. The van der Waals surface area contributed by atoms with Gasteiger partial charge < -0.3 is 19.5 Å². The third-order valence-corrected chi connectivity index (χ3v) is 5.58. The maximum Gasteiger partial charge on any atom is 0.573 e. The van der Waals surface area contributed by atoms with Crippen LogP contribution in [0.3, 0.4) is 0 Å². The number of hydrogen-bond acceptors (Lipinski definition) is 4. The van der Waals surface area contributed by atoms with Crippen LogP contribution in [0, 0.1) is 5.82 Å². The van der Waals surface area contributed by atoms with Crippen LogP contribution in [0.4, 0.5) is 17.6 Å². The topological polar surface area (TPSA) is 76.1 Å². The molecule has 1 N–H and O–H groups in total. The summed E-state index contributed by atoms with van der Waals surface area (Å²) in [7, 11) is 1.25. The highest BCUT2D eigenvalue weighted by atomic mass is 35.5. The number of amides is 1. The monoisotopic (exact) mass is 515 g/mol. The van der Waals surface area contributed by atoms with E-state index in [0.717, 1.165) is 35.9 Å². The molecule has 0 spiro atoms. The summed E-state index contributed by atoms with van der Waals surface area (Å²) in [5, 5.41) is 9.36. The van der Waals surface area contributed by atoms with Crippen LogP contribution in [-0.2, 0) is 11.4 Å². The number of hydrogen-bond donors (Lipinski definition) is 1. The number of carbonyl (C=O) groups excluding carboxylic acids is 1. The lowest BCUT2D eigenvalue weighted by Gasteiger charge is -2.26. The molecule has 1 aliphatic rings. The van der Waals surface area contributed by atoms with Gasteiger partial charge in [0.05, 0.1) is 5.56 Å². The summed E-state index contributed by atoms with van der Waals surface area (Å²) in [5.74, 6) is -3.55. The minimum Gasteiger partial charge on any atom is -0.489 e. The summed E-state index contributed by atoms with van der Waals surface area (Å²) in [6.07, 6.45) is -3.32. The molecule has 1 amide bonds. The number of carbonyl (C=O) groups is 2. The number of carboxylic acids is 1. The number of rotatable bonds is 9. The van der Waals surface area contributed by atoms with E-state index >= 15 is 0 Å². The molecule has 3 rings (SSSR count). The number of aliphatic carboxylic acids is 1. The Morgan fingerprint density at radius 2 is 1.83 bits per heavy atom. The molecule has 1 atom stereocenters. The molecule has 11 heteroatoms. The van der Waals surface area contributed by atoms with Gasteiger partial charge in [-0.2, -0.15) is 0 Å². The van der Waals surface area contributed by atoms with Crippen LogP contribution in [0.15, 0.2) is 42.5 Å². The molecule has 1 aliphatic carbocycles. The Morgan fingerprint density at radius 3 is 2.37 bits per heavy atom. The van der Waals surface area contributed by atoms with E-state index in [4.69, 9.17) is 16.3 Å². The zero-order valence-electron chi connectivity index (χ0n) is 18.8. The molecular formula is C24H22ClF4NO5. The summed E-state index contributed by atoms with van der Waals surface area (Å²) in [5.41, 5.74) is 0.946. The maximum absolute atomic E-state index is 15.0. The number of halogens is 5. The Hall–Kier alpha value is -3.27. The van der Waals surface area contributed by atoms with Crippen molar-refractivity contribution < 1.29 is 41.7 Å². The average molecular weight is 516 g/mol. The van der Waals surface area contributed by atoms with E-state index in [-0.39, 0.29) is 34.4 Å². The minimum absolute atomic E-state index is 0.0236. The first-order chi connectivity index (χ1) is 16.3. The lowest BCUT2D eigenvalue weighted by atomic mass is 9.98. The van der Waals surface area contributed by atoms with Crippen molar-refractivity contribution in [3.63, 3.8) is 0 Å². The Kier molecular flexibility index (Phi) is 7.64. The van der Waals surface area contributed by atoms with Crippen LogP contribution in [-0.4, -0.2) is 41.3 Å². The summed E-state index contributed by atoms with van der Waals surface area (Å²) in [6, 6.07) is 4.42. The van der Waals surface area contributed by atoms with Crippen molar-refractivity contribution >= 4 is 23.5 Å². The molecule has 0 aromatic heterocycles. The average Bonchev–Trinajstić information content (AvgIpc) is 3.54. The van der Waals surface area contributed by atoms with E-state index < -0.39 is 35.8 Å². The highest BCUT2D eigenvalue weighted by Gasteiger charge is 2.33. The Labute approximate surface area is 203 Å². The van der Waals surface area contributed by atoms with E-state index in [1.807, 2.05) is 0 Å². The van der Waals surface area contributed by atoms with Crippen LogP contribution in [0.5, 0.6) is 11.5 Å². The van der Waals surface area contributed by atoms with Crippen LogP contribution >= 0.6 is 11.6 Å². The number of nitrogens with zero attached hydrogens (tertiary/aromatic N) is 1. The minimum atomic E-state index is -4.91. The first-order valence-corrected chi connectivity index (χ1v) is 10.8. The Bertz CT molecular complexity index is 1150. The van der Waals surface area contributed by atoms with Gasteiger partial charge in [0.25, 0.3) is 5.91 Å². The van der Waals surface area contributed by atoms with Crippen LogP contribution in [0.2, 0.25) is 5.02 Å². The number of carboxylic acid groups (broad SMARTS) is 1. The van der Waals surface area contributed by atoms with Crippen LogP contribution < -0.4 is 9.47 Å². The zero-order chi connectivity index (χ0) is 26.1. The molecule has 2 aromatic rings. The summed E-state index contributed by atoms with van der Waals surface area (Å²) in [6.45, 7) is 4.83. The maximum atomic E-state index is 15.0. The largest absolute Gasteiger partial charge is 0.573 e. The lowest BCUT2D eigenvalue weighted by Crippen LogP contribution is -2.43. The second kappa shape index (κ2) is 10.2. The fourth-order valence-electron chi connectivity index (χ4n) is 3.68. The molecular weight excluding hydrogens is 494 g/mol. The van der Waals surface area contributed by atoms with Gasteiger partial charge >= 0.3 is 12.3 Å². The molecule has 35 heavy (non-hydrogen) atoms. The van der Waals surface area contributed by atoms with Gasteiger partial charge in [-0.3, -0.25) is 4.79 Å². The van der Waals surface area contributed by atoms with Crippen LogP contribution in [0.25, 0.3) is 0 Å². The normalized spacial score (nSPS) is 14.3. The number of alkyl halides is 3. The zero-order valence-corrected chi connectivity index (χ0v) is 19.5. The predicted molar refractivity (Wildman–Crippen MR) is 119 cm³/mol. The Balaban J connectivity index is 1.87. The fourth-order valence-corrected chi connectivity index (χ4v) is 3.90.